The van der Waals surface area contributed by atoms with Crippen LogP contribution in [0.3, 0.4) is 0 Å². The van der Waals surface area contributed by atoms with Gasteiger partial charge in [0.25, 0.3) is 0 Å². The van der Waals surface area contributed by atoms with Crippen molar-refractivity contribution >= 4 is 28.4 Å². The molecule has 1 fully saturated rings. The van der Waals surface area contributed by atoms with Gasteiger partial charge in [0.2, 0.25) is 0 Å². The number of halogens is 1. The maximum atomic E-state index is 5.72. The van der Waals surface area contributed by atoms with E-state index in [4.69, 9.17) is 14.5 Å². The molecule has 112 valence electrons. The zero-order valence-corrected chi connectivity index (χ0v) is 14.4. The molecule has 0 amide bonds. The van der Waals surface area contributed by atoms with Crippen LogP contribution in [0.15, 0.2) is 0 Å². The van der Waals surface area contributed by atoms with E-state index in [9.17, 15) is 0 Å². The van der Waals surface area contributed by atoms with Crippen molar-refractivity contribution < 1.29 is 9.47 Å². The van der Waals surface area contributed by atoms with Gasteiger partial charge in [-0.3, -0.25) is 0 Å². The van der Waals surface area contributed by atoms with E-state index >= 15 is 0 Å². The summed E-state index contributed by atoms with van der Waals surface area (Å²) in [5.41, 5.74) is 1.09. The first-order valence-electron chi connectivity index (χ1n) is 7.11. The minimum Gasteiger partial charge on any atom is -0.376 e. The highest BCUT2D eigenvalue weighted by molar-refractivity contribution is 14.1. The molecule has 0 aliphatic carbocycles. The second-order valence-corrected chi connectivity index (χ2v) is 6.33. The monoisotopic (exact) mass is 391 g/mol. The molecule has 20 heavy (non-hydrogen) atoms. The number of hydrogen-bond acceptors (Lipinski definition) is 5. The summed E-state index contributed by atoms with van der Waals surface area (Å²) in [6, 6.07) is 0. The average Bonchev–Trinajstić information content (AvgIpc) is 2.44. The van der Waals surface area contributed by atoms with Crippen LogP contribution in [0, 0.1) is 9.49 Å². The molecule has 0 radical (unpaired) electrons. The van der Waals surface area contributed by atoms with Gasteiger partial charge in [0, 0.05) is 6.54 Å². The molecule has 0 bridgehead atoms. The summed E-state index contributed by atoms with van der Waals surface area (Å²) in [6.45, 7) is 9.11. The fourth-order valence-corrected chi connectivity index (χ4v) is 2.75. The van der Waals surface area contributed by atoms with Crippen molar-refractivity contribution in [2.24, 2.45) is 5.92 Å². The normalized spacial score (nSPS) is 19.4. The Balaban J connectivity index is 2.32. The smallest absolute Gasteiger partial charge is 0.162 e. The maximum Gasteiger partial charge on any atom is 0.162 e. The van der Waals surface area contributed by atoms with E-state index in [0.29, 0.717) is 25.7 Å². The van der Waals surface area contributed by atoms with Crippen molar-refractivity contribution in [2.45, 2.75) is 33.3 Å². The van der Waals surface area contributed by atoms with Gasteiger partial charge in [-0.25, -0.2) is 9.97 Å². The van der Waals surface area contributed by atoms with Crippen LogP contribution in [-0.2, 0) is 15.9 Å². The molecule has 6 heteroatoms. The van der Waals surface area contributed by atoms with Gasteiger partial charge in [-0.1, -0.05) is 13.8 Å². The van der Waals surface area contributed by atoms with Crippen molar-refractivity contribution in [1.29, 1.82) is 0 Å². The Morgan fingerprint density at radius 2 is 2.15 bits per heavy atom. The summed E-state index contributed by atoms with van der Waals surface area (Å²) in [6.07, 6.45) is 0.795. The van der Waals surface area contributed by atoms with E-state index in [2.05, 4.69) is 53.7 Å². The lowest BCUT2D eigenvalue weighted by Gasteiger charge is -2.23. The third kappa shape index (κ3) is 4.02. The van der Waals surface area contributed by atoms with E-state index in [1.807, 2.05) is 0 Å². The fourth-order valence-electron chi connectivity index (χ4n) is 2.10. The molecule has 5 nitrogen and oxygen atoms in total. The summed E-state index contributed by atoms with van der Waals surface area (Å²) in [5, 5.41) is 3.31. The van der Waals surface area contributed by atoms with Crippen LogP contribution in [-0.4, -0.2) is 36.3 Å². The lowest BCUT2D eigenvalue weighted by Crippen LogP contribution is -2.25. The van der Waals surface area contributed by atoms with Crippen LogP contribution in [0.1, 0.15) is 38.4 Å². The number of nitrogens with zero attached hydrogens (tertiary/aromatic N) is 2. The Kier molecular flexibility index (Phi) is 5.98. The predicted octanol–water partition coefficient (Wildman–Crippen LogP) is 2.80. The molecule has 1 N–H and O–H groups in total. The van der Waals surface area contributed by atoms with Crippen molar-refractivity contribution in [3.8, 4) is 0 Å². The molecule has 0 aromatic carbocycles. The third-order valence-corrected chi connectivity index (χ3v) is 4.12. The van der Waals surface area contributed by atoms with Gasteiger partial charge in [-0.2, -0.15) is 0 Å². The zero-order chi connectivity index (χ0) is 14.5. The largest absolute Gasteiger partial charge is 0.376 e. The van der Waals surface area contributed by atoms with Gasteiger partial charge in [0.05, 0.1) is 29.1 Å². The highest BCUT2D eigenvalue weighted by Gasteiger charge is 2.22. The molecule has 0 spiro atoms. The SMILES string of the molecule is CCNc1nc(C2COCCO2)nc(CC(C)C)c1I. The number of hydrogen-bond donors (Lipinski definition) is 1. The number of aromatic nitrogens is 2. The van der Waals surface area contributed by atoms with Gasteiger partial charge in [-0.05, 0) is 41.9 Å². The van der Waals surface area contributed by atoms with Crippen molar-refractivity contribution in [3.05, 3.63) is 15.1 Å². The Bertz CT molecular complexity index is 448. The summed E-state index contributed by atoms with van der Waals surface area (Å²) in [5.74, 6) is 2.20. The minimum absolute atomic E-state index is 0.149. The molecule has 1 unspecified atom stereocenters. The molecule has 1 saturated heterocycles. The second-order valence-electron chi connectivity index (χ2n) is 5.25. The molecule has 1 aliphatic heterocycles. The topological polar surface area (TPSA) is 56.3 Å². The fraction of sp³-hybridized carbons (Fsp3) is 0.714. The van der Waals surface area contributed by atoms with Crippen LogP contribution in [0.4, 0.5) is 5.82 Å². The van der Waals surface area contributed by atoms with Gasteiger partial charge < -0.3 is 14.8 Å². The third-order valence-electron chi connectivity index (χ3n) is 2.99. The van der Waals surface area contributed by atoms with Gasteiger partial charge in [0.15, 0.2) is 5.82 Å². The summed E-state index contributed by atoms with van der Waals surface area (Å²) >= 11 is 2.33. The average molecular weight is 391 g/mol. The van der Waals surface area contributed by atoms with E-state index in [1.54, 1.807) is 0 Å². The molecule has 2 heterocycles. The second kappa shape index (κ2) is 7.51. The Morgan fingerprint density at radius 1 is 1.35 bits per heavy atom. The molecule has 1 aliphatic rings. The van der Waals surface area contributed by atoms with Crippen LogP contribution >= 0.6 is 22.6 Å². The molecule has 0 saturated carbocycles. The van der Waals surface area contributed by atoms with Crippen molar-refractivity contribution in [2.75, 3.05) is 31.7 Å². The Labute approximate surface area is 134 Å². The van der Waals surface area contributed by atoms with E-state index in [-0.39, 0.29) is 6.10 Å². The number of rotatable bonds is 5. The summed E-state index contributed by atoms with van der Waals surface area (Å²) in [4.78, 5) is 9.33. The molecule has 1 aromatic heterocycles. The first-order valence-corrected chi connectivity index (χ1v) is 8.19. The lowest BCUT2D eigenvalue weighted by atomic mass is 10.1. The predicted molar refractivity (Wildman–Crippen MR) is 87.0 cm³/mol. The van der Waals surface area contributed by atoms with E-state index in [1.165, 1.54) is 0 Å². The molecule has 1 atom stereocenters. The molecule has 1 aromatic rings. The van der Waals surface area contributed by atoms with Crippen molar-refractivity contribution in [1.82, 2.24) is 9.97 Å². The summed E-state index contributed by atoms with van der Waals surface area (Å²) < 4.78 is 12.3. The first kappa shape index (κ1) is 15.9. The first-order chi connectivity index (χ1) is 9.61. The highest BCUT2D eigenvalue weighted by Crippen LogP contribution is 2.25. The molecular weight excluding hydrogens is 369 g/mol. The van der Waals surface area contributed by atoms with Gasteiger partial charge >= 0.3 is 0 Å². The maximum absolute atomic E-state index is 5.72. The Hall–Kier alpha value is -0.470. The van der Waals surface area contributed by atoms with Gasteiger partial charge in [0.1, 0.15) is 11.9 Å². The zero-order valence-electron chi connectivity index (χ0n) is 12.3. The van der Waals surface area contributed by atoms with Crippen LogP contribution in [0.25, 0.3) is 0 Å². The van der Waals surface area contributed by atoms with Crippen LogP contribution in [0.5, 0.6) is 0 Å². The standard InChI is InChI=1S/C14H22IN3O2/c1-4-16-14-12(15)10(7-9(2)3)17-13(18-14)11-8-19-5-6-20-11/h9,11H,4-8H2,1-3H3,(H,16,17,18). The van der Waals surface area contributed by atoms with E-state index < -0.39 is 0 Å². The van der Waals surface area contributed by atoms with Gasteiger partial charge in [-0.15, -0.1) is 0 Å². The van der Waals surface area contributed by atoms with E-state index in [0.717, 1.165) is 33.9 Å². The van der Waals surface area contributed by atoms with Crippen LogP contribution in [0.2, 0.25) is 0 Å². The summed E-state index contributed by atoms with van der Waals surface area (Å²) in [7, 11) is 0. The minimum atomic E-state index is -0.149. The quantitative estimate of drug-likeness (QED) is 0.783. The number of nitrogens with one attached hydrogen (secondary N) is 1. The number of ether oxygens (including phenoxy) is 2. The molecule has 2 rings (SSSR count). The lowest BCUT2D eigenvalue weighted by molar-refractivity contribution is -0.0935. The van der Waals surface area contributed by atoms with Crippen LogP contribution < -0.4 is 5.32 Å². The molecular formula is C14H22IN3O2. The number of anilines is 1. The Morgan fingerprint density at radius 3 is 2.75 bits per heavy atom. The van der Waals surface area contributed by atoms with Crippen molar-refractivity contribution in [3.63, 3.8) is 0 Å². The highest BCUT2D eigenvalue weighted by atomic mass is 127.